The van der Waals surface area contributed by atoms with Gasteiger partial charge < -0.3 is 5.11 Å². The highest BCUT2D eigenvalue weighted by Crippen LogP contribution is 2.32. The fourth-order valence-electron chi connectivity index (χ4n) is 1.79. The van der Waals surface area contributed by atoms with Gasteiger partial charge in [0.2, 0.25) is 0 Å². The predicted molar refractivity (Wildman–Crippen MR) is 76.4 cm³/mol. The van der Waals surface area contributed by atoms with E-state index in [0.29, 0.717) is 17.0 Å². The van der Waals surface area contributed by atoms with E-state index >= 15 is 0 Å². The smallest absolute Gasteiger partial charge is 0.335 e. The minimum atomic E-state index is -1.00. The van der Waals surface area contributed by atoms with Crippen molar-refractivity contribution in [2.24, 2.45) is 0 Å². The number of imide groups is 1. The third-order valence-corrected chi connectivity index (χ3v) is 3.68. The average Bonchev–Trinajstić information content (AvgIpc) is 2.67. The molecule has 0 aromatic heterocycles. The summed E-state index contributed by atoms with van der Waals surface area (Å²) in [5.74, 6) is -1.29. The maximum atomic E-state index is 12.0. The van der Waals surface area contributed by atoms with E-state index in [4.69, 9.17) is 5.11 Å². The standard InChI is InChI=1S/C14H13NO4S/c1-2-7-15-12(16)11(20-14(15)19)8-9-3-5-10(6-4-9)13(17)18/h3-6,8H,2,7H2,1H3,(H,17,18)/b11-8+. The Morgan fingerprint density at radius 2 is 1.95 bits per heavy atom. The minimum Gasteiger partial charge on any atom is -0.478 e. The van der Waals surface area contributed by atoms with Crippen LogP contribution in [0.25, 0.3) is 6.08 Å². The molecule has 1 aliphatic rings. The number of hydrogen-bond donors (Lipinski definition) is 1. The summed E-state index contributed by atoms with van der Waals surface area (Å²) in [4.78, 5) is 36.0. The molecule has 0 atom stereocenters. The SMILES string of the molecule is CCCN1C(=O)S/C(=C/c2ccc(C(=O)O)cc2)C1=O. The lowest BCUT2D eigenvalue weighted by Gasteiger charge is -2.09. The normalized spacial score (nSPS) is 17.1. The third-order valence-electron chi connectivity index (χ3n) is 2.78. The molecule has 0 radical (unpaired) electrons. The molecule has 0 bridgehead atoms. The Morgan fingerprint density at radius 1 is 1.30 bits per heavy atom. The second-order valence-corrected chi connectivity index (χ2v) is 5.25. The molecule has 1 N–H and O–H groups in total. The van der Waals surface area contributed by atoms with Gasteiger partial charge in [-0.25, -0.2) is 4.79 Å². The monoisotopic (exact) mass is 291 g/mol. The summed E-state index contributed by atoms with van der Waals surface area (Å²) in [6, 6.07) is 6.14. The molecule has 2 amide bonds. The predicted octanol–water partition coefficient (Wildman–Crippen LogP) is 2.83. The van der Waals surface area contributed by atoms with E-state index in [-0.39, 0.29) is 16.7 Å². The summed E-state index contributed by atoms with van der Waals surface area (Å²) in [5.41, 5.74) is 0.873. The lowest BCUT2D eigenvalue weighted by atomic mass is 10.1. The first-order chi connectivity index (χ1) is 9.52. The molecule has 0 spiro atoms. The lowest BCUT2D eigenvalue weighted by Crippen LogP contribution is -2.28. The fraction of sp³-hybridized carbons (Fsp3) is 0.214. The van der Waals surface area contributed by atoms with Crippen LogP contribution in [-0.2, 0) is 4.79 Å². The zero-order valence-corrected chi connectivity index (χ0v) is 11.6. The van der Waals surface area contributed by atoms with Gasteiger partial charge in [0, 0.05) is 6.54 Å². The Kier molecular flexibility index (Phi) is 4.24. The second kappa shape index (κ2) is 5.92. The Balaban J connectivity index is 2.21. The first-order valence-electron chi connectivity index (χ1n) is 6.11. The molecular weight excluding hydrogens is 278 g/mol. The number of hydrogen-bond acceptors (Lipinski definition) is 4. The van der Waals surface area contributed by atoms with Gasteiger partial charge in [-0.1, -0.05) is 19.1 Å². The van der Waals surface area contributed by atoms with Crippen LogP contribution in [0.4, 0.5) is 4.79 Å². The minimum absolute atomic E-state index is 0.182. The van der Waals surface area contributed by atoms with Crippen molar-refractivity contribution in [3.63, 3.8) is 0 Å². The van der Waals surface area contributed by atoms with Crippen molar-refractivity contribution in [2.75, 3.05) is 6.54 Å². The Labute approximate surface area is 120 Å². The highest BCUT2D eigenvalue weighted by Gasteiger charge is 2.34. The molecule has 0 saturated carbocycles. The summed E-state index contributed by atoms with van der Waals surface area (Å²) in [6.07, 6.45) is 2.32. The molecule has 20 heavy (non-hydrogen) atoms. The molecular formula is C14H13NO4S. The molecule has 104 valence electrons. The summed E-state index contributed by atoms with van der Waals surface area (Å²) < 4.78 is 0. The first kappa shape index (κ1) is 14.3. The molecule has 1 aromatic carbocycles. The first-order valence-corrected chi connectivity index (χ1v) is 6.93. The van der Waals surface area contributed by atoms with E-state index < -0.39 is 5.97 Å². The van der Waals surface area contributed by atoms with Crippen molar-refractivity contribution in [1.82, 2.24) is 4.90 Å². The van der Waals surface area contributed by atoms with E-state index in [0.717, 1.165) is 18.2 Å². The molecule has 1 aliphatic heterocycles. The molecule has 6 heteroatoms. The van der Waals surface area contributed by atoms with Gasteiger partial charge in [-0.15, -0.1) is 0 Å². The van der Waals surface area contributed by atoms with E-state index in [9.17, 15) is 14.4 Å². The van der Waals surface area contributed by atoms with Gasteiger partial charge in [0.05, 0.1) is 10.5 Å². The van der Waals surface area contributed by atoms with Crippen molar-refractivity contribution in [3.05, 3.63) is 40.3 Å². The number of aromatic carboxylic acids is 1. The van der Waals surface area contributed by atoms with Crippen molar-refractivity contribution in [3.8, 4) is 0 Å². The maximum absolute atomic E-state index is 12.0. The molecule has 5 nitrogen and oxygen atoms in total. The van der Waals surface area contributed by atoms with Gasteiger partial charge in [0.15, 0.2) is 0 Å². The van der Waals surface area contributed by atoms with Gasteiger partial charge >= 0.3 is 5.97 Å². The van der Waals surface area contributed by atoms with Crippen LogP contribution < -0.4 is 0 Å². The number of carbonyl (C=O) groups is 3. The fourth-order valence-corrected chi connectivity index (χ4v) is 2.65. The molecule has 2 rings (SSSR count). The van der Waals surface area contributed by atoms with Crippen LogP contribution in [-0.4, -0.2) is 33.7 Å². The van der Waals surface area contributed by atoms with Crippen molar-refractivity contribution in [2.45, 2.75) is 13.3 Å². The van der Waals surface area contributed by atoms with Crippen molar-refractivity contribution in [1.29, 1.82) is 0 Å². The van der Waals surface area contributed by atoms with Crippen LogP contribution in [0, 0.1) is 0 Å². The van der Waals surface area contributed by atoms with Gasteiger partial charge in [-0.3, -0.25) is 14.5 Å². The van der Waals surface area contributed by atoms with Crippen molar-refractivity contribution < 1.29 is 19.5 Å². The second-order valence-electron chi connectivity index (χ2n) is 4.26. The lowest BCUT2D eigenvalue weighted by molar-refractivity contribution is -0.122. The van der Waals surface area contributed by atoms with Crippen molar-refractivity contribution >= 4 is 35.0 Å². The van der Waals surface area contributed by atoms with Gasteiger partial charge in [0.1, 0.15) is 0 Å². The zero-order chi connectivity index (χ0) is 14.7. The molecule has 1 saturated heterocycles. The van der Waals surface area contributed by atoms with Crippen LogP contribution in [0.3, 0.4) is 0 Å². The maximum Gasteiger partial charge on any atom is 0.335 e. The number of nitrogens with zero attached hydrogens (tertiary/aromatic N) is 1. The Hall–Kier alpha value is -2.08. The summed E-state index contributed by atoms with van der Waals surface area (Å²) in [5, 5.41) is 8.55. The summed E-state index contributed by atoms with van der Waals surface area (Å²) in [7, 11) is 0. The molecule has 1 aromatic rings. The molecule has 1 heterocycles. The van der Waals surface area contributed by atoms with E-state index in [2.05, 4.69) is 0 Å². The number of rotatable bonds is 4. The molecule has 0 unspecified atom stereocenters. The Bertz CT molecular complexity index is 592. The van der Waals surface area contributed by atoms with Crippen LogP contribution in [0.2, 0.25) is 0 Å². The van der Waals surface area contributed by atoms with Gasteiger partial charge in [-0.05, 0) is 42.0 Å². The van der Waals surface area contributed by atoms with Crippen LogP contribution in [0.5, 0.6) is 0 Å². The number of thioether (sulfide) groups is 1. The number of carboxylic acids is 1. The number of amides is 2. The van der Waals surface area contributed by atoms with E-state index in [1.54, 1.807) is 18.2 Å². The highest BCUT2D eigenvalue weighted by atomic mass is 32.2. The largest absolute Gasteiger partial charge is 0.478 e. The number of carboxylic acid groups (broad SMARTS) is 1. The quantitative estimate of drug-likeness (QED) is 0.863. The van der Waals surface area contributed by atoms with Crippen LogP contribution in [0.1, 0.15) is 29.3 Å². The Morgan fingerprint density at radius 3 is 2.50 bits per heavy atom. The van der Waals surface area contributed by atoms with E-state index in [1.807, 2.05) is 6.92 Å². The van der Waals surface area contributed by atoms with Crippen LogP contribution >= 0.6 is 11.8 Å². The molecule has 0 aliphatic carbocycles. The average molecular weight is 291 g/mol. The number of benzene rings is 1. The molecule has 1 fully saturated rings. The third kappa shape index (κ3) is 2.91. The highest BCUT2D eigenvalue weighted by molar-refractivity contribution is 8.18. The van der Waals surface area contributed by atoms with Crippen LogP contribution in [0.15, 0.2) is 29.2 Å². The zero-order valence-electron chi connectivity index (χ0n) is 10.8. The van der Waals surface area contributed by atoms with Gasteiger partial charge in [-0.2, -0.15) is 0 Å². The van der Waals surface area contributed by atoms with E-state index in [1.165, 1.54) is 17.0 Å². The summed E-state index contributed by atoms with van der Waals surface area (Å²) >= 11 is 0.909. The summed E-state index contributed by atoms with van der Waals surface area (Å²) in [6.45, 7) is 2.32. The van der Waals surface area contributed by atoms with Gasteiger partial charge in [0.25, 0.3) is 11.1 Å². The topological polar surface area (TPSA) is 74.7 Å². The number of carbonyl (C=O) groups excluding carboxylic acids is 2.